The Kier molecular flexibility index (Phi) is 3.88. The molecule has 1 aromatic heterocycles. The van der Waals surface area contributed by atoms with E-state index >= 15 is 0 Å². The van der Waals surface area contributed by atoms with E-state index in [1.807, 2.05) is 0 Å². The Hall–Kier alpha value is -1.95. The summed E-state index contributed by atoms with van der Waals surface area (Å²) < 4.78 is 0. The molecular formula is C12H16N4O2. The van der Waals surface area contributed by atoms with Crippen LogP contribution in [0.25, 0.3) is 0 Å². The van der Waals surface area contributed by atoms with E-state index < -0.39 is 0 Å². The van der Waals surface area contributed by atoms with Gasteiger partial charge in [-0.3, -0.25) is 14.6 Å². The quantitative estimate of drug-likeness (QED) is 0.672. The van der Waals surface area contributed by atoms with Crippen molar-refractivity contribution in [3.05, 3.63) is 29.6 Å². The Morgan fingerprint density at radius 2 is 2.44 bits per heavy atom. The summed E-state index contributed by atoms with van der Waals surface area (Å²) in [5.41, 5.74) is 6.68. The molecule has 1 atom stereocenters. The summed E-state index contributed by atoms with van der Waals surface area (Å²) in [6.07, 6.45) is 2.87. The predicted molar refractivity (Wildman–Crippen MR) is 65.6 cm³/mol. The number of hydrogen-bond donors (Lipinski definition) is 3. The predicted octanol–water partition coefficient (Wildman–Crippen LogP) is -0.451. The Morgan fingerprint density at radius 1 is 1.61 bits per heavy atom. The van der Waals surface area contributed by atoms with Crippen LogP contribution in [0.3, 0.4) is 0 Å². The van der Waals surface area contributed by atoms with Crippen LogP contribution in [0.1, 0.15) is 28.9 Å². The maximum atomic E-state index is 11.9. The van der Waals surface area contributed by atoms with Gasteiger partial charge in [-0.2, -0.15) is 0 Å². The third-order valence-electron chi connectivity index (χ3n) is 2.88. The standard InChI is InChI=1S/C12H16N4O2/c13-6-10-5-8(3-4-14-10)12(18)15-7-9-1-2-11(17)16-9/h3-5,9H,1-2,6-7,13H2,(H,15,18)(H,16,17). The molecule has 0 radical (unpaired) electrons. The average molecular weight is 248 g/mol. The zero-order valence-corrected chi connectivity index (χ0v) is 9.98. The Balaban J connectivity index is 1.89. The molecule has 0 bridgehead atoms. The number of hydrogen-bond acceptors (Lipinski definition) is 4. The molecule has 0 aliphatic carbocycles. The number of carbonyl (C=O) groups excluding carboxylic acids is 2. The van der Waals surface area contributed by atoms with E-state index in [0.717, 1.165) is 6.42 Å². The molecule has 1 unspecified atom stereocenters. The van der Waals surface area contributed by atoms with Crippen LogP contribution in [0.5, 0.6) is 0 Å². The van der Waals surface area contributed by atoms with Crippen LogP contribution in [-0.2, 0) is 11.3 Å². The highest BCUT2D eigenvalue weighted by molar-refractivity contribution is 5.94. The number of nitrogens with one attached hydrogen (secondary N) is 2. The van der Waals surface area contributed by atoms with Gasteiger partial charge in [0.1, 0.15) is 0 Å². The summed E-state index contributed by atoms with van der Waals surface area (Å²) in [4.78, 5) is 26.9. The zero-order chi connectivity index (χ0) is 13.0. The Bertz CT molecular complexity index is 461. The van der Waals surface area contributed by atoms with Crippen molar-refractivity contribution in [2.75, 3.05) is 6.54 Å². The smallest absolute Gasteiger partial charge is 0.251 e. The summed E-state index contributed by atoms with van der Waals surface area (Å²) in [6.45, 7) is 0.755. The van der Waals surface area contributed by atoms with Gasteiger partial charge in [-0.25, -0.2) is 0 Å². The van der Waals surface area contributed by atoms with Crippen molar-refractivity contribution in [2.24, 2.45) is 5.73 Å². The van der Waals surface area contributed by atoms with Crippen molar-refractivity contribution in [1.29, 1.82) is 0 Å². The van der Waals surface area contributed by atoms with Crippen molar-refractivity contribution in [2.45, 2.75) is 25.4 Å². The summed E-state index contributed by atoms with van der Waals surface area (Å²) in [6, 6.07) is 3.35. The number of amides is 2. The third kappa shape index (κ3) is 3.04. The van der Waals surface area contributed by atoms with E-state index in [9.17, 15) is 9.59 Å². The fraction of sp³-hybridized carbons (Fsp3) is 0.417. The van der Waals surface area contributed by atoms with Crippen molar-refractivity contribution in [3.63, 3.8) is 0 Å². The van der Waals surface area contributed by atoms with Crippen LogP contribution in [0.15, 0.2) is 18.3 Å². The second-order valence-electron chi connectivity index (χ2n) is 4.25. The molecule has 0 saturated carbocycles. The Morgan fingerprint density at radius 3 is 3.11 bits per heavy atom. The first-order valence-electron chi connectivity index (χ1n) is 5.91. The molecule has 18 heavy (non-hydrogen) atoms. The van der Waals surface area contributed by atoms with Gasteiger partial charge in [0, 0.05) is 37.3 Å². The first kappa shape index (κ1) is 12.5. The number of nitrogens with two attached hydrogens (primary N) is 1. The highest BCUT2D eigenvalue weighted by Gasteiger charge is 2.21. The van der Waals surface area contributed by atoms with E-state index in [-0.39, 0.29) is 17.9 Å². The molecule has 6 heteroatoms. The lowest BCUT2D eigenvalue weighted by Crippen LogP contribution is -2.38. The number of aromatic nitrogens is 1. The van der Waals surface area contributed by atoms with Gasteiger partial charge in [0.15, 0.2) is 0 Å². The average Bonchev–Trinajstić information content (AvgIpc) is 2.82. The normalized spacial score (nSPS) is 18.5. The van der Waals surface area contributed by atoms with Crippen molar-refractivity contribution >= 4 is 11.8 Å². The molecule has 1 aromatic rings. The van der Waals surface area contributed by atoms with Gasteiger partial charge in [0.05, 0.1) is 5.69 Å². The molecule has 4 N–H and O–H groups in total. The van der Waals surface area contributed by atoms with Crippen molar-refractivity contribution in [3.8, 4) is 0 Å². The van der Waals surface area contributed by atoms with Gasteiger partial charge in [-0.15, -0.1) is 0 Å². The number of carbonyl (C=O) groups is 2. The highest BCUT2D eigenvalue weighted by Crippen LogP contribution is 2.06. The summed E-state index contributed by atoms with van der Waals surface area (Å²) in [5, 5.41) is 5.59. The van der Waals surface area contributed by atoms with E-state index in [0.29, 0.717) is 30.8 Å². The van der Waals surface area contributed by atoms with Crippen molar-refractivity contribution < 1.29 is 9.59 Å². The lowest BCUT2D eigenvalue weighted by molar-refractivity contribution is -0.119. The van der Waals surface area contributed by atoms with Gasteiger partial charge < -0.3 is 16.4 Å². The van der Waals surface area contributed by atoms with E-state index in [4.69, 9.17) is 5.73 Å². The summed E-state index contributed by atoms with van der Waals surface area (Å²) in [7, 11) is 0. The minimum absolute atomic E-state index is 0.0391. The van der Waals surface area contributed by atoms with Gasteiger partial charge in [0.25, 0.3) is 5.91 Å². The second kappa shape index (κ2) is 5.59. The van der Waals surface area contributed by atoms with Crippen LogP contribution in [0, 0.1) is 0 Å². The van der Waals surface area contributed by atoms with E-state index in [2.05, 4.69) is 15.6 Å². The largest absolute Gasteiger partial charge is 0.352 e. The van der Waals surface area contributed by atoms with Gasteiger partial charge in [0.2, 0.25) is 5.91 Å². The van der Waals surface area contributed by atoms with Crippen LogP contribution >= 0.6 is 0 Å². The highest BCUT2D eigenvalue weighted by atomic mass is 16.2. The summed E-state index contributed by atoms with van der Waals surface area (Å²) >= 11 is 0. The maximum Gasteiger partial charge on any atom is 0.251 e. The van der Waals surface area contributed by atoms with Crippen LogP contribution in [-0.4, -0.2) is 29.4 Å². The SMILES string of the molecule is NCc1cc(C(=O)NCC2CCC(=O)N2)ccn1. The molecule has 1 aliphatic rings. The van der Waals surface area contributed by atoms with Crippen molar-refractivity contribution in [1.82, 2.24) is 15.6 Å². The van der Waals surface area contributed by atoms with Crippen LogP contribution in [0.2, 0.25) is 0 Å². The fourth-order valence-corrected chi connectivity index (χ4v) is 1.88. The molecule has 1 fully saturated rings. The second-order valence-corrected chi connectivity index (χ2v) is 4.25. The first-order valence-corrected chi connectivity index (χ1v) is 5.91. The maximum absolute atomic E-state index is 11.9. The molecule has 2 amide bonds. The molecular weight excluding hydrogens is 232 g/mol. The molecule has 0 aromatic carbocycles. The monoisotopic (exact) mass is 248 g/mol. The topological polar surface area (TPSA) is 97.1 Å². The van der Waals surface area contributed by atoms with Crippen LogP contribution < -0.4 is 16.4 Å². The minimum Gasteiger partial charge on any atom is -0.352 e. The molecule has 1 saturated heterocycles. The molecule has 96 valence electrons. The molecule has 6 nitrogen and oxygen atoms in total. The molecule has 2 heterocycles. The van der Waals surface area contributed by atoms with E-state index in [1.54, 1.807) is 18.3 Å². The molecule has 2 rings (SSSR count). The third-order valence-corrected chi connectivity index (χ3v) is 2.88. The number of pyridine rings is 1. The van der Waals surface area contributed by atoms with E-state index in [1.165, 1.54) is 0 Å². The molecule has 0 spiro atoms. The fourth-order valence-electron chi connectivity index (χ4n) is 1.88. The zero-order valence-electron chi connectivity index (χ0n) is 9.98. The van der Waals surface area contributed by atoms with Gasteiger partial charge >= 0.3 is 0 Å². The first-order chi connectivity index (χ1) is 8.69. The lowest BCUT2D eigenvalue weighted by atomic mass is 10.2. The van der Waals surface area contributed by atoms with Crippen LogP contribution in [0.4, 0.5) is 0 Å². The Labute approximate surface area is 105 Å². The lowest BCUT2D eigenvalue weighted by Gasteiger charge is -2.11. The summed E-state index contributed by atoms with van der Waals surface area (Å²) in [5.74, 6) is -0.128. The number of rotatable bonds is 4. The minimum atomic E-state index is -0.173. The van der Waals surface area contributed by atoms with Gasteiger partial charge in [-0.05, 0) is 18.6 Å². The number of nitrogens with zero attached hydrogens (tertiary/aromatic N) is 1. The molecule has 1 aliphatic heterocycles. The van der Waals surface area contributed by atoms with Gasteiger partial charge in [-0.1, -0.05) is 0 Å².